The third-order valence-electron chi connectivity index (χ3n) is 3.84. The van der Waals surface area contributed by atoms with Gasteiger partial charge < -0.3 is 14.4 Å². The number of halogens is 1. The van der Waals surface area contributed by atoms with Crippen LogP contribution in [0.2, 0.25) is 5.02 Å². The molecule has 0 spiro atoms. The van der Waals surface area contributed by atoms with Crippen molar-refractivity contribution in [2.45, 2.75) is 19.4 Å². The summed E-state index contributed by atoms with van der Waals surface area (Å²) in [7, 11) is 0. The van der Waals surface area contributed by atoms with Crippen LogP contribution in [-0.4, -0.2) is 41.6 Å². The molecule has 1 atom stereocenters. The summed E-state index contributed by atoms with van der Waals surface area (Å²) < 4.78 is 11.2. The highest BCUT2D eigenvalue weighted by Crippen LogP contribution is 2.23. The molecule has 2 aromatic rings. The van der Waals surface area contributed by atoms with Crippen LogP contribution >= 0.6 is 11.6 Å². The molecule has 0 unspecified atom stereocenters. The van der Waals surface area contributed by atoms with Crippen LogP contribution in [0.25, 0.3) is 0 Å². The van der Waals surface area contributed by atoms with Crippen molar-refractivity contribution in [2.75, 3.05) is 19.7 Å². The van der Waals surface area contributed by atoms with Gasteiger partial charge in [-0.3, -0.25) is 4.79 Å². The summed E-state index contributed by atoms with van der Waals surface area (Å²) in [6, 6.07) is 10.5. The Morgan fingerprint density at radius 2 is 2.00 bits per heavy atom. The monoisotopic (exact) mass is 346 g/mol. The van der Waals surface area contributed by atoms with E-state index in [-0.39, 0.29) is 12.0 Å². The summed E-state index contributed by atoms with van der Waals surface area (Å²) in [5.41, 5.74) is 0.413. The minimum absolute atomic E-state index is 0.0738. The van der Waals surface area contributed by atoms with Gasteiger partial charge in [-0.15, -0.1) is 0 Å². The van der Waals surface area contributed by atoms with E-state index in [4.69, 9.17) is 21.1 Å². The van der Waals surface area contributed by atoms with Gasteiger partial charge in [-0.05, 0) is 49.7 Å². The third-order valence-corrected chi connectivity index (χ3v) is 4.09. The predicted molar refractivity (Wildman–Crippen MR) is 91.7 cm³/mol. The van der Waals surface area contributed by atoms with Gasteiger partial charge >= 0.3 is 0 Å². The number of carbonyl (C=O) groups is 1. The van der Waals surface area contributed by atoms with Crippen LogP contribution in [0.5, 0.6) is 11.5 Å². The Morgan fingerprint density at radius 1 is 1.25 bits per heavy atom. The number of pyridine rings is 1. The van der Waals surface area contributed by atoms with Crippen LogP contribution < -0.4 is 4.74 Å². The number of ether oxygens (including phenoxy) is 2. The zero-order valence-electron chi connectivity index (χ0n) is 13.4. The second kappa shape index (κ2) is 7.64. The van der Waals surface area contributed by atoms with Gasteiger partial charge in [0, 0.05) is 24.7 Å². The van der Waals surface area contributed by atoms with E-state index in [9.17, 15) is 4.79 Å². The van der Waals surface area contributed by atoms with E-state index < -0.39 is 0 Å². The molecule has 1 aromatic heterocycles. The molecule has 6 heteroatoms. The van der Waals surface area contributed by atoms with E-state index in [1.165, 1.54) is 0 Å². The van der Waals surface area contributed by atoms with E-state index in [0.717, 1.165) is 6.42 Å². The van der Waals surface area contributed by atoms with Crippen LogP contribution in [0.15, 0.2) is 42.6 Å². The van der Waals surface area contributed by atoms with Gasteiger partial charge in [-0.2, -0.15) is 0 Å². The quantitative estimate of drug-likeness (QED) is 0.826. The number of likely N-dealkylation sites (tertiary alicyclic amines) is 1. The molecule has 2 heterocycles. The normalized spacial score (nSPS) is 17.1. The molecular weight excluding hydrogens is 328 g/mol. The molecule has 1 aliphatic rings. The highest BCUT2D eigenvalue weighted by molar-refractivity contribution is 6.30. The second-order valence-corrected chi connectivity index (χ2v) is 5.99. The fourth-order valence-corrected chi connectivity index (χ4v) is 2.78. The van der Waals surface area contributed by atoms with Gasteiger partial charge in [0.15, 0.2) is 0 Å². The van der Waals surface area contributed by atoms with Crippen LogP contribution in [0.4, 0.5) is 0 Å². The van der Waals surface area contributed by atoms with Crippen LogP contribution in [0.3, 0.4) is 0 Å². The number of amides is 1. The fourth-order valence-electron chi connectivity index (χ4n) is 2.65. The van der Waals surface area contributed by atoms with Crippen molar-refractivity contribution in [3.63, 3.8) is 0 Å². The molecule has 1 saturated heterocycles. The highest BCUT2D eigenvalue weighted by Gasteiger charge is 2.27. The Kier molecular flexibility index (Phi) is 5.33. The van der Waals surface area contributed by atoms with Gasteiger partial charge in [-0.1, -0.05) is 11.6 Å². The van der Waals surface area contributed by atoms with Crippen molar-refractivity contribution >= 4 is 17.5 Å². The molecule has 0 bridgehead atoms. The number of nitrogens with zero attached hydrogens (tertiary/aromatic N) is 2. The zero-order chi connectivity index (χ0) is 16.9. The Balaban J connectivity index is 1.62. The van der Waals surface area contributed by atoms with Crippen LogP contribution in [0.1, 0.15) is 23.8 Å². The lowest BCUT2D eigenvalue weighted by Gasteiger charge is -2.16. The summed E-state index contributed by atoms with van der Waals surface area (Å²) >= 11 is 5.84. The smallest absolute Gasteiger partial charge is 0.272 e. The molecule has 5 nitrogen and oxygen atoms in total. The summed E-state index contributed by atoms with van der Waals surface area (Å²) in [6.45, 7) is 3.96. The number of hydrogen-bond donors (Lipinski definition) is 0. The molecular formula is C18H19ClN2O3. The van der Waals surface area contributed by atoms with Crippen molar-refractivity contribution in [3.8, 4) is 11.5 Å². The Morgan fingerprint density at radius 3 is 2.67 bits per heavy atom. The Labute approximate surface area is 146 Å². The molecule has 1 aliphatic heterocycles. The molecule has 0 radical (unpaired) electrons. The van der Waals surface area contributed by atoms with E-state index in [0.29, 0.717) is 41.9 Å². The Hall–Kier alpha value is -2.11. The van der Waals surface area contributed by atoms with Crippen LogP contribution in [0, 0.1) is 0 Å². The lowest BCUT2D eigenvalue weighted by Crippen LogP contribution is -2.30. The fraction of sp³-hybridized carbons (Fsp3) is 0.333. The number of rotatable bonds is 5. The minimum Gasteiger partial charge on any atom is -0.456 e. The maximum Gasteiger partial charge on any atom is 0.272 e. The molecule has 1 amide bonds. The molecule has 3 rings (SSSR count). The third kappa shape index (κ3) is 4.04. The SMILES string of the molecule is CCO[C@H]1CCN(C(=O)c2ccc(Oc3ccc(Cl)cc3)cn2)C1. The number of benzene rings is 1. The number of carbonyl (C=O) groups excluding carboxylic acids is 1. The molecule has 1 aromatic carbocycles. The van der Waals surface area contributed by atoms with E-state index in [1.807, 2.05) is 6.92 Å². The topological polar surface area (TPSA) is 51.7 Å². The number of hydrogen-bond acceptors (Lipinski definition) is 4. The van der Waals surface area contributed by atoms with E-state index in [2.05, 4.69) is 4.98 Å². The maximum absolute atomic E-state index is 12.5. The van der Waals surface area contributed by atoms with E-state index >= 15 is 0 Å². The lowest BCUT2D eigenvalue weighted by atomic mass is 10.3. The molecule has 1 fully saturated rings. The lowest BCUT2D eigenvalue weighted by molar-refractivity contribution is 0.0595. The van der Waals surface area contributed by atoms with Gasteiger partial charge in [0.05, 0.1) is 12.3 Å². The molecule has 0 aliphatic carbocycles. The summed E-state index contributed by atoms with van der Waals surface area (Å²) in [5.74, 6) is 1.16. The van der Waals surface area contributed by atoms with Crippen molar-refractivity contribution in [3.05, 3.63) is 53.3 Å². The predicted octanol–water partition coefficient (Wildman–Crippen LogP) is 3.78. The average molecular weight is 347 g/mol. The van der Waals surface area contributed by atoms with Crippen molar-refractivity contribution in [2.24, 2.45) is 0 Å². The summed E-state index contributed by atoms with van der Waals surface area (Å²) in [4.78, 5) is 18.5. The summed E-state index contributed by atoms with van der Waals surface area (Å²) in [6.07, 6.45) is 2.56. The van der Waals surface area contributed by atoms with Gasteiger partial charge in [-0.25, -0.2) is 4.98 Å². The Bertz CT molecular complexity index is 688. The minimum atomic E-state index is -0.0738. The molecule has 126 valence electrons. The first-order valence-electron chi connectivity index (χ1n) is 7.96. The number of aromatic nitrogens is 1. The van der Waals surface area contributed by atoms with E-state index in [1.54, 1.807) is 47.5 Å². The van der Waals surface area contributed by atoms with Gasteiger partial charge in [0.1, 0.15) is 17.2 Å². The maximum atomic E-state index is 12.5. The van der Waals surface area contributed by atoms with Crippen molar-refractivity contribution < 1.29 is 14.3 Å². The zero-order valence-corrected chi connectivity index (χ0v) is 14.2. The van der Waals surface area contributed by atoms with Crippen LogP contribution in [-0.2, 0) is 4.74 Å². The largest absolute Gasteiger partial charge is 0.456 e. The van der Waals surface area contributed by atoms with Crippen molar-refractivity contribution in [1.29, 1.82) is 0 Å². The molecule has 0 saturated carbocycles. The molecule has 0 N–H and O–H groups in total. The first-order valence-corrected chi connectivity index (χ1v) is 8.34. The van der Waals surface area contributed by atoms with Crippen molar-refractivity contribution in [1.82, 2.24) is 9.88 Å². The second-order valence-electron chi connectivity index (χ2n) is 5.55. The van der Waals surface area contributed by atoms with Gasteiger partial charge in [0.25, 0.3) is 5.91 Å². The molecule has 24 heavy (non-hydrogen) atoms. The van der Waals surface area contributed by atoms with Gasteiger partial charge in [0.2, 0.25) is 0 Å². The average Bonchev–Trinajstić information content (AvgIpc) is 3.06. The highest BCUT2D eigenvalue weighted by atomic mass is 35.5. The standard InChI is InChI=1S/C18H19ClN2O3/c1-2-23-16-9-10-21(12-16)18(22)17-8-7-15(11-20-17)24-14-5-3-13(19)4-6-14/h3-8,11,16H,2,9-10,12H2,1H3/t16-/m0/s1. The first kappa shape index (κ1) is 16.7. The first-order chi connectivity index (χ1) is 11.7. The summed E-state index contributed by atoms with van der Waals surface area (Å²) in [5, 5.41) is 0.650.